The topological polar surface area (TPSA) is 72.2 Å². The van der Waals surface area contributed by atoms with Gasteiger partial charge in [0.15, 0.2) is 0 Å². The van der Waals surface area contributed by atoms with Crippen LogP contribution in [0.5, 0.6) is 0 Å². The van der Waals surface area contributed by atoms with Crippen molar-refractivity contribution >= 4 is 31.7 Å². The van der Waals surface area contributed by atoms with Crippen LogP contribution in [-0.2, 0) is 9.84 Å². The third kappa shape index (κ3) is 3.45. The molecule has 0 aliphatic heterocycles. The van der Waals surface area contributed by atoms with E-state index in [0.29, 0.717) is 6.54 Å². The van der Waals surface area contributed by atoms with Gasteiger partial charge in [-0.2, -0.15) is 4.98 Å². The van der Waals surface area contributed by atoms with E-state index in [4.69, 9.17) is 4.42 Å². The van der Waals surface area contributed by atoms with Gasteiger partial charge in [0, 0.05) is 11.0 Å². The third-order valence-corrected chi connectivity index (χ3v) is 5.62. The molecular formula is C17H14BrFN2O3S. The molecule has 130 valence electrons. The lowest BCUT2D eigenvalue weighted by molar-refractivity contribution is 0.568. The highest BCUT2D eigenvalue weighted by molar-refractivity contribution is 9.10. The predicted octanol–water partition coefficient (Wildman–Crippen LogP) is 4.51. The number of hydrogen-bond donors (Lipinski definition) is 1. The van der Waals surface area contributed by atoms with Gasteiger partial charge in [0.2, 0.25) is 26.6 Å². The van der Waals surface area contributed by atoms with Crippen LogP contribution in [0.4, 0.5) is 10.3 Å². The summed E-state index contributed by atoms with van der Waals surface area (Å²) in [7, 11) is -3.92. The molecule has 0 spiro atoms. The number of sulfone groups is 1. The SMILES string of the molecule is CCNc1oc(-c2ccccc2F)nc1S(=O)(=O)c1ccc(Br)cc1. The van der Waals surface area contributed by atoms with Gasteiger partial charge in [0.25, 0.3) is 0 Å². The summed E-state index contributed by atoms with van der Waals surface area (Å²) in [5.41, 5.74) is 0.0962. The van der Waals surface area contributed by atoms with Crippen molar-refractivity contribution in [3.8, 4) is 11.5 Å². The van der Waals surface area contributed by atoms with Crippen LogP contribution < -0.4 is 5.32 Å². The minimum atomic E-state index is -3.92. The van der Waals surface area contributed by atoms with Gasteiger partial charge in [-0.15, -0.1) is 0 Å². The molecule has 1 N–H and O–H groups in total. The van der Waals surface area contributed by atoms with Crippen molar-refractivity contribution in [2.75, 3.05) is 11.9 Å². The van der Waals surface area contributed by atoms with Gasteiger partial charge in [-0.3, -0.25) is 0 Å². The molecule has 0 aliphatic rings. The molecular weight excluding hydrogens is 411 g/mol. The van der Waals surface area contributed by atoms with Gasteiger partial charge >= 0.3 is 0 Å². The summed E-state index contributed by atoms with van der Waals surface area (Å²) in [6.45, 7) is 2.22. The number of aromatic nitrogens is 1. The molecule has 3 aromatic rings. The highest BCUT2D eigenvalue weighted by Gasteiger charge is 2.28. The molecule has 0 saturated carbocycles. The Morgan fingerprint density at radius 2 is 1.84 bits per heavy atom. The average molecular weight is 425 g/mol. The third-order valence-electron chi connectivity index (χ3n) is 3.42. The Hall–Kier alpha value is -2.19. The summed E-state index contributed by atoms with van der Waals surface area (Å²) in [5.74, 6) is -0.646. The molecule has 1 heterocycles. The number of halogens is 2. The summed E-state index contributed by atoms with van der Waals surface area (Å²) in [6, 6.07) is 12.1. The summed E-state index contributed by atoms with van der Waals surface area (Å²) in [5, 5.41) is 2.56. The first kappa shape index (κ1) is 17.6. The molecule has 2 aromatic carbocycles. The van der Waals surface area contributed by atoms with E-state index >= 15 is 0 Å². The van der Waals surface area contributed by atoms with E-state index in [1.165, 1.54) is 30.3 Å². The van der Waals surface area contributed by atoms with Crippen LogP contribution >= 0.6 is 15.9 Å². The fraction of sp³-hybridized carbons (Fsp3) is 0.118. The summed E-state index contributed by atoms with van der Waals surface area (Å²) >= 11 is 3.27. The number of rotatable bonds is 5. The smallest absolute Gasteiger partial charge is 0.233 e. The quantitative estimate of drug-likeness (QED) is 0.652. The molecule has 25 heavy (non-hydrogen) atoms. The van der Waals surface area contributed by atoms with Crippen LogP contribution in [0.2, 0.25) is 0 Å². The molecule has 0 unspecified atom stereocenters. The predicted molar refractivity (Wildman–Crippen MR) is 95.7 cm³/mol. The molecule has 0 amide bonds. The number of hydrogen-bond acceptors (Lipinski definition) is 5. The largest absolute Gasteiger partial charge is 0.419 e. The number of benzene rings is 2. The molecule has 0 aliphatic carbocycles. The minimum Gasteiger partial charge on any atom is -0.419 e. The van der Waals surface area contributed by atoms with Crippen molar-refractivity contribution < 1.29 is 17.2 Å². The summed E-state index contributed by atoms with van der Waals surface area (Å²) in [4.78, 5) is 4.13. The monoisotopic (exact) mass is 424 g/mol. The zero-order valence-corrected chi connectivity index (χ0v) is 15.6. The van der Waals surface area contributed by atoms with E-state index in [0.717, 1.165) is 4.47 Å². The fourth-order valence-corrected chi connectivity index (χ4v) is 3.78. The first-order valence-electron chi connectivity index (χ1n) is 7.43. The molecule has 1 aromatic heterocycles. The highest BCUT2D eigenvalue weighted by Crippen LogP contribution is 2.33. The molecule has 0 saturated heterocycles. The maximum Gasteiger partial charge on any atom is 0.233 e. The van der Waals surface area contributed by atoms with Gasteiger partial charge in [-0.1, -0.05) is 28.1 Å². The van der Waals surface area contributed by atoms with Crippen LogP contribution in [0.1, 0.15) is 6.92 Å². The zero-order valence-electron chi connectivity index (χ0n) is 13.2. The van der Waals surface area contributed by atoms with Crippen LogP contribution in [0.25, 0.3) is 11.5 Å². The maximum atomic E-state index is 14.0. The number of nitrogens with zero attached hydrogens (tertiary/aromatic N) is 1. The van der Waals surface area contributed by atoms with Crippen molar-refractivity contribution in [3.05, 3.63) is 58.8 Å². The standard InChI is InChI=1S/C17H14BrFN2O3S/c1-2-20-16-17(25(22,23)12-9-7-11(18)8-10-12)21-15(24-16)13-5-3-4-6-14(13)19/h3-10,20H,2H2,1H3. The molecule has 0 fully saturated rings. The van der Waals surface area contributed by atoms with Crippen molar-refractivity contribution in [1.29, 1.82) is 0 Å². The van der Waals surface area contributed by atoms with Gasteiger partial charge in [-0.25, -0.2) is 12.8 Å². The Morgan fingerprint density at radius 1 is 1.16 bits per heavy atom. The first-order valence-corrected chi connectivity index (χ1v) is 9.71. The lowest BCUT2D eigenvalue weighted by Crippen LogP contribution is -2.07. The molecule has 0 bridgehead atoms. The van der Waals surface area contributed by atoms with E-state index in [2.05, 4.69) is 26.2 Å². The van der Waals surface area contributed by atoms with E-state index in [1.54, 1.807) is 25.1 Å². The Balaban J connectivity index is 2.15. The second-order valence-corrected chi connectivity index (χ2v) is 7.90. The lowest BCUT2D eigenvalue weighted by atomic mass is 10.2. The normalized spacial score (nSPS) is 11.5. The average Bonchev–Trinajstić information content (AvgIpc) is 3.00. The number of oxazole rings is 1. The van der Waals surface area contributed by atoms with Gasteiger partial charge in [0.1, 0.15) is 5.82 Å². The van der Waals surface area contributed by atoms with Crippen LogP contribution in [0.3, 0.4) is 0 Å². The van der Waals surface area contributed by atoms with Crippen molar-refractivity contribution in [2.45, 2.75) is 16.8 Å². The summed E-state index contributed by atoms with van der Waals surface area (Å²) in [6.07, 6.45) is 0. The van der Waals surface area contributed by atoms with Crippen LogP contribution in [0.15, 0.2) is 67.3 Å². The van der Waals surface area contributed by atoms with Crippen LogP contribution in [0, 0.1) is 5.82 Å². The van der Waals surface area contributed by atoms with Gasteiger partial charge in [0.05, 0.1) is 10.5 Å². The second kappa shape index (κ2) is 6.97. The molecule has 5 nitrogen and oxygen atoms in total. The Kier molecular flexibility index (Phi) is 4.91. The first-order chi connectivity index (χ1) is 11.9. The minimum absolute atomic E-state index is 0.0105. The lowest BCUT2D eigenvalue weighted by Gasteiger charge is -2.04. The van der Waals surface area contributed by atoms with E-state index < -0.39 is 15.7 Å². The fourth-order valence-electron chi connectivity index (χ4n) is 2.24. The molecule has 3 rings (SSSR count). The maximum absolute atomic E-state index is 14.0. The Labute approximate surface area is 152 Å². The molecule has 0 atom stereocenters. The second-order valence-electron chi connectivity index (χ2n) is 5.12. The Morgan fingerprint density at radius 3 is 2.48 bits per heavy atom. The van der Waals surface area contributed by atoms with Crippen molar-refractivity contribution in [1.82, 2.24) is 4.98 Å². The van der Waals surface area contributed by atoms with Gasteiger partial charge in [-0.05, 0) is 43.3 Å². The summed E-state index contributed by atoms with van der Waals surface area (Å²) < 4.78 is 46.0. The van der Waals surface area contributed by atoms with E-state index in [1.807, 2.05) is 0 Å². The molecule has 8 heteroatoms. The van der Waals surface area contributed by atoms with Crippen molar-refractivity contribution in [2.24, 2.45) is 0 Å². The number of nitrogens with one attached hydrogen (secondary N) is 1. The van der Waals surface area contributed by atoms with Crippen molar-refractivity contribution in [3.63, 3.8) is 0 Å². The number of anilines is 1. The van der Waals surface area contributed by atoms with E-state index in [-0.39, 0.29) is 27.3 Å². The molecule has 0 radical (unpaired) electrons. The Bertz CT molecular complexity index is 1000. The highest BCUT2D eigenvalue weighted by atomic mass is 79.9. The van der Waals surface area contributed by atoms with E-state index in [9.17, 15) is 12.8 Å². The van der Waals surface area contributed by atoms with Gasteiger partial charge < -0.3 is 9.73 Å². The zero-order chi connectivity index (χ0) is 18.0. The van der Waals surface area contributed by atoms with Crippen LogP contribution in [-0.4, -0.2) is 19.9 Å².